The summed E-state index contributed by atoms with van der Waals surface area (Å²) in [6.45, 7) is -0.0488. The van der Waals surface area contributed by atoms with Crippen molar-refractivity contribution in [2.75, 3.05) is 6.54 Å². The number of Topliss-reactive ketones (excluding diaryl/α,β-unsaturated/α-hetero) is 1. The molecule has 1 aromatic rings. The lowest BCUT2D eigenvalue weighted by Crippen LogP contribution is -2.15. The molecule has 0 spiro atoms. The standard InChI is InChI=1S/C9H9ClFNO/c10-9-2-1-7(11)3-6(9)4-8(13)5-12/h1-3H,4-5,12H2. The summed E-state index contributed by atoms with van der Waals surface area (Å²) < 4.78 is 12.7. The van der Waals surface area contributed by atoms with Crippen LogP contribution in [0.2, 0.25) is 5.02 Å². The van der Waals surface area contributed by atoms with Crippen LogP contribution in [0.25, 0.3) is 0 Å². The van der Waals surface area contributed by atoms with Crippen molar-refractivity contribution in [2.24, 2.45) is 5.73 Å². The molecule has 0 amide bonds. The summed E-state index contributed by atoms with van der Waals surface area (Å²) in [5, 5.41) is 0.392. The molecule has 0 aliphatic heterocycles. The maximum atomic E-state index is 12.7. The molecule has 0 aromatic heterocycles. The van der Waals surface area contributed by atoms with Gasteiger partial charge in [0, 0.05) is 11.4 Å². The van der Waals surface area contributed by atoms with Gasteiger partial charge in [-0.2, -0.15) is 0 Å². The van der Waals surface area contributed by atoms with E-state index in [1.807, 2.05) is 0 Å². The Balaban J connectivity index is 2.87. The van der Waals surface area contributed by atoms with Gasteiger partial charge < -0.3 is 5.73 Å². The zero-order valence-corrected chi connectivity index (χ0v) is 7.64. The van der Waals surface area contributed by atoms with Gasteiger partial charge in [-0.1, -0.05) is 11.6 Å². The summed E-state index contributed by atoms with van der Waals surface area (Å²) in [6.07, 6.45) is 0.0904. The van der Waals surface area contributed by atoms with Gasteiger partial charge in [-0.25, -0.2) is 4.39 Å². The molecule has 0 unspecified atom stereocenters. The normalized spacial score (nSPS) is 10.1. The van der Waals surface area contributed by atoms with Gasteiger partial charge >= 0.3 is 0 Å². The monoisotopic (exact) mass is 201 g/mol. The first-order valence-corrected chi connectivity index (χ1v) is 4.17. The van der Waals surface area contributed by atoms with E-state index < -0.39 is 5.82 Å². The third kappa shape index (κ3) is 2.79. The van der Waals surface area contributed by atoms with Gasteiger partial charge in [0.15, 0.2) is 5.78 Å². The second kappa shape index (κ2) is 4.35. The second-order valence-electron chi connectivity index (χ2n) is 2.66. The molecule has 0 aliphatic carbocycles. The van der Waals surface area contributed by atoms with Gasteiger partial charge in [-0.3, -0.25) is 4.79 Å². The van der Waals surface area contributed by atoms with Crippen molar-refractivity contribution >= 4 is 17.4 Å². The minimum Gasteiger partial charge on any atom is -0.324 e. The van der Waals surface area contributed by atoms with Gasteiger partial charge in [0.25, 0.3) is 0 Å². The van der Waals surface area contributed by atoms with Gasteiger partial charge in [0.2, 0.25) is 0 Å². The highest BCUT2D eigenvalue weighted by molar-refractivity contribution is 6.31. The molecule has 70 valence electrons. The van der Waals surface area contributed by atoms with Crippen LogP contribution in [0.1, 0.15) is 5.56 Å². The van der Waals surface area contributed by atoms with Crippen molar-refractivity contribution < 1.29 is 9.18 Å². The summed E-state index contributed by atoms with van der Waals surface area (Å²) >= 11 is 5.74. The van der Waals surface area contributed by atoms with Crippen molar-refractivity contribution in [1.82, 2.24) is 0 Å². The fourth-order valence-electron chi connectivity index (χ4n) is 0.963. The Morgan fingerprint density at radius 2 is 2.23 bits per heavy atom. The van der Waals surface area contributed by atoms with E-state index in [9.17, 15) is 9.18 Å². The molecule has 4 heteroatoms. The number of rotatable bonds is 3. The Bertz CT molecular complexity index is 327. The fourth-order valence-corrected chi connectivity index (χ4v) is 1.15. The Morgan fingerprint density at radius 3 is 2.85 bits per heavy atom. The molecule has 1 aromatic carbocycles. The molecule has 0 radical (unpaired) electrons. The molecule has 0 saturated heterocycles. The molecule has 1 rings (SSSR count). The van der Waals surface area contributed by atoms with Gasteiger partial charge in [0.05, 0.1) is 6.54 Å². The van der Waals surface area contributed by atoms with Crippen LogP contribution < -0.4 is 5.73 Å². The third-order valence-corrected chi connectivity index (χ3v) is 1.99. The number of carbonyl (C=O) groups excluding carboxylic acids is 1. The Morgan fingerprint density at radius 1 is 1.54 bits per heavy atom. The lowest BCUT2D eigenvalue weighted by molar-refractivity contribution is -0.117. The smallest absolute Gasteiger partial charge is 0.150 e. The summed E-state index contributed by atoms with van der Waals surface area (Å²) in [4.78, 5) is 10.9. The van der Waals surface area contributed by atoms with Crippen LogP contribution in [0.4, 0.5) is 4.39 Å². The van der Waals surface area contributed by atoms with Gasteiger partial charge in [-0.15, -0.1) is 0 Å². The maximum Gasteiger partial charge on any atom is 0.150 e. The number of hydrogen-bond acceptors (Lipinski definition) is 2. The van der Waals surface area contributed by atoms with Crippen LogP contribution in [-0.2, 0) is 11.2 Å². The highest BCUT2D eigenvalue weighted by Crippen LogP contribution is 2.17. The Kier molecular flexibility index (Phi) is 3.39. The van der Waals surface area contributed by atoms with Crippen molar-refractivity contribution in [3.63, 3.8) is 0 Å². The molecule has 2 N–H and O–H groups in total. The molecule has 0 bridgehead atoms. The zero-order valence-electron chi connectivity index (χ0n) is 6.89. The average molecular weight is 202 g/mol. The van der Waals surface area contributed by atoms with Gasteiger partial charge in [-0.05, 0) is 23.8 Å². The quantitative estimate of drug-likeness (QED) is 0.807. The number of carbonyl (C=O) groups is 1. The van der Waals surface area contributed by atoms with Crippen LogP contribution in [0, 0.1) is 5.82 Å². The van der Waals surface area contributed by atoms with Crippen LogP contribution in [0.5, 0.6) is 0 Å². The number of halogens is 2. The van der Waals surface area contributed by atoms with Crippen LogP contribution in [-0.4, -0.2) is 12.3 Å². The van der Waals surface area contributed by atoms with Crippen LogP contribution in [0.3, 0.4) is 0 Å². The van der Waals surface area contributed by atoms with E-state index in [1.165, 1.54) is 18.2 Å². The summed E-state index contributed by atoms with van der Waals surface area (Å²) in [5.74, 6) is -0.559. The van der Waals surface area contributed by atoms with Crippen molar-refractivity contribution in [2.45, 2.75) is 6.42 Å². The van der Waals surface area contributed by atoms with E-state index in [4.69, 9.17) is 17.3 Å². The molecule has 0 fully saturated rings. The average Bonchev–Trinajstić information content (AvgIpc) is 2.11. The highest BCUT2D eigenvalue weighted by atomic mass is 35.5. The molecule has 13 heavy (non-hydrogen) atoms. The van der Waals surface area contributed by atoms with Gasteiger partial charge in [0.1, 0.15) is 5.82 Å². The Hall–Kier alpha value is -0.930. The molecule has 0 saturated carbocycles. The predicted octanol–water partition coefficient (Wildman–Crippen LogP) is 1.55. The lowest BCUT2D eigenvalue weighted by atomic mass is 10.1. The predicted molar refractivity (Wildman–Crippen MR) is 49.2 cm³/mol. The van der Waals surface area contributed by atoms with E-state index >= 15 is 0 Å². The molecular formula is C9H9ClFNO. The number of nitrogens with two attached hydrogens (primary N) is 1. The van der Waals surface area contributed by atoms with E-state index in [1.54, 1.807) is 0 Å². The van der Waals surface area contributed by atoms with Crippen molar-refractivity contribution in [3.05, 3.63) is 34.6 Å². The van der Waals surface area contributed by atoms with Crippen molar-refractivity contribution in [1.29, 1.82) is 0 Å². The topological polar surface area (TPSA) is 43.1 Å². The molecule has 0 atom stereocenters. The summed E-state index contributed by atoms with van der Waals surface area (Å²) in [7, 11) is 0. The fraction of sp³-hybridized carbons (Fsp3) is 0.222. The lowest BCUT2D eigenvalue weighted by Gasteiger charge is -2.01. The first-order valence-electron chi connectivity index (χ1n) is 3.79. The minimum atomic E-state index is -0.399. The second-order valence-corrected chi connectivity index (χ2v) is 3.06. The third-order valence-electron chi connectivity index (χ3n) is 1.62. The molecule has 2 nitrogen and oxygen atoms in total. The number of ketones is 1. The van der Waals surface area contributed by atoms with E-state index in [0.29, 0.717) is 10.6 Å². The Labute approximate surface area is 80.5 Å². The maximum absolute atomic E-state index is 12.7. The number of hydrogen-bond donors (Lipinski definition) is 1. The van der Waals surface area contributed by atoms with E-state index in [0.717, 1.165) is 0 Å². The van der Waals surface area contributed by atoms with Crippen LogP contribution >= 0.6 is 11.6 Å². The molecular weight excluding hydrogens is 193 g/mol. The first kappa shape index (κ1) is 10.2. The zero-order chi connectivity index (χ0) is 9.84. The largest absolute Gasteiger partial charge is 0.324 e. The van der Waals surface area contributed by atoms with E-state index in [2.05, 4.69) is 0 Å². The van der Waals surface area contributed by atoms with E-state index in [-0.39, 0.29) is 18.7 Å². The number of benzene rings is 1. The molecule has 0 aliphatic rings. The minimum absolute atomic E-state index is 0.0488. The highest BCUT2D eigenvalue weighted by Gasteiger charge is 2.06. The molecule has 0 heterocycles. The summed E-state index contributed by atoms with van der Waals surface area (Å²) in [5.41, 5.74) is 5.61. The van der Waals surface area contributed by atoms with Crippen LogP contribution in [0.15, 0.2) is 18.2 Å². The van der Waals surface area contributed by atoms with Crippen molar-refractivity contribution in [3.8, 4) is 0 Å². The SMILES string of the molecule is NCC(=O)Cc1cc(F)ccc1Cl. The first-order chi connectivity index (χ1) is 6.13. The summed E-state index contributed by atoms with van der Waals surface area (Å²) in [6, 6.07) is 3.92.